The largest absolute Gasteiger partial charge is 0.319 e. The SMILES string of the molecule is CCn1cc(CC(C)C(C)CNC)cn1. The molecule has 0 saturated carbocycles. The van der Waals surface area contributed by atoms with Crippen molar-refractivity contribution in [1.82, 2.24) is 15.1 Å². The molecule has 2 unspecified atom stereocenters. The van der Waals surface area contributed by atoms with Crippen LogP contribution in [-0.4, -0.2) is 23.4 Å². The van der Waals surface area contributed by atoms with Crippen molar-refractivity contribution in [2.24, 2.45) is 11.8 Å². The Kier molecular flexibility index (Phi) is 4.82. The smallest absolute Gasteiger partial charge is 0.0521 e. The third-order valence-corrected chi connectivity index (χ3v) is 3.07. The summed E-state index contributed by atoms with van der Waals surface area (Å²) in [6.07, 6.45) is 5.28. The van der Waals surface area contributed by atoms with Crippen molar-refractivity contribution in [3.63, 3.8) is 0 Å². The summed E-state index contributed by atoms with van der Waals surface area (Å²) in [6.45, 7) is 8.77. The van der Waals surface area contributed by atoms with Crippen molar-refractivity contribution in [1.29, 1.82) is 0 Å². The molecule has 1 rings (SSSR count). The van der Waals surface area contributed by atoms with E-state index in [4.69, 9.17) is 0 Å². The average molecular weight is 209 g/mol. The number of aryl methyl sites for hydroxylation is 1. The minimum Gasteiger partial charge on any atom is -0.319 e. The zero-order valence-corrected chi connectivity index (χ0v) is 10.3. The third-order valence-electron chi connectivity index (χ3n) is 3.07. The first-order chi connectivity index (χ1) is 7.17. The second-order valence-electron chi connectivity index (χ2n) is 4.42. The van der Waals surface area contributed by atoms with Gasteiger partial charge in [-0.3, -0.25) is 4.68 Å². The summed E-state index contributed by atoms with van der Waals surface area (Å²) < 4.78 is 1.99. The number of hydrogen-bond donors (Lipinski definition) is 1. The van der Waals surface area contributed by atoms with Gasteiger partial charge in [-0.05, 0) is 44.3 Å². The second kappa shape index (κ2) is 5.91. The van der Waals surface area contributed by atoms with Crippen LogP contribution in [0.15, 0.2) is 12.4 Å². The van der Waals surface area contributed by atoms with Gasteiger partial charge in [-0.15, -0.1) is 0 Å². The van der Waals surface area contributed by atoms with Crippen molar-refractivity contribution in [3.8, 4) is 0 Å². The molecule has 0 spiro atoms. The van der Waals surface area contributed by atoms with Crippen LogP contribution in [-0.2, 0) is 13.0 Å². The van der Waals surface area contributed by atoms with Crippen LogP contribution in [0, 0.1) is 11.8 Å². The third kappa shape index (κ3) is 3.67. The molecule has 1 heterocycles. The molecular formula is C12H23N3. The van der Waals surface area contributed by atoms with Gasteiger partial charge >= 0.3 is 0 Å². The van der Waals surface area contributed by atoms with Crippen LogP contribution in [0.2, 0.25) is 0 Å². The van der Waals surface area contributed by atoms with E-state index in [1.807, 2.05) is 17.9 Å². The van der Waals surface area contributed by atoms with E-state index < -0.39 is 0 Å². The highest BCUT2D eigenvalue weighted by Gasteiger charge is 2.12. The number of rotatable bonds is 6. The lowest BCUT2D eigenvalue weighted by molar-refractivity contribution is 0.374. The first-order valence-corrected chi connectivity index (χ1v) is 5.83. The Hall–Kier alpha value is -0.830. The summed E-state index contributed by atoms with van der Waals surface area (Å²) >= 11 is 0. The highest BCUT2D eigenvalue weighted by molar-refractivity contribution is 5.05. The molecule has 1 aromatic heterocycles. The van der Waals surface area contributed by atoms with E-state index in [1.165, 1.54) is 5.56 Å². The standard InChI is InChI=1S/C12H23N3/c1-5-15-9-12(8-14-15)6-10(2)11(3)7-13-4/h8-11,13H,5-7H2,1-4H3. The van der Waals surface area contributed by atoms with Gasteiger partial charge in [0, 0.05) is 12.7 Å². The molecule has 15 heavy (non-hydrogen) atoms. The van der Waals surface area contributed by atoms with Gasteiger partial charge in [-0.1, -0.05) is 13.8 Å². The zero-order chi connectivity index (χ0) is 11.3. The van der Waals surface area contributed by atoms with E-state index >= 15 is 0 Å². The topological polar surface area (TPSA) is 29.9 Å². The molecule has 0 aromatic carbocycles. The Balaban J connectivity index is 2.46. The van der Waals surface area contributed by atoms with E-state index in [0.717, 1.165) is 19.5 Å². The molecule has 1 aromatic rings. The van der Waals surface area contributed by atoms with Gasteiger partial charge in [0.15, 0.2) is 0 Å². The quantitative estimate of drug-likeness (QED) is 0.776. The van der Waals surface area contributed by atoms with Crippen molar-refractivity contribution in [2.75, 3.05) is 13.6 Å². The van der Waals surface area contributed by atoms with Crippen molar-refractivity contribution < 1.29 is 0 Å². The number of aromatic nitrogens is 2. The van der Waals surface area contributed by atoms with E-state index in [9.17, 15) is 0 Å². The van der Waals surface area contributed by atoms with Crippen LogP contribution >= 0.6 is 0 Å². The molecule has 86 valence electrons. The van der Waals surface area contributed by atoms with E-state index in [-0.39, 0.29) is 0 Å². The van der Waals surface area contributed by atoms with Gasteiger partial charge in [0.25, 0.3) is 0 Å². The van der Waals surface area contributed by atoms with Gasteiger partial charge in [0.2, 0.25) is 0 Å². The predicted molar refractivity (Wildman–Crippen MR) is 63.9 cm³/mol. The van der Waals surface area contributed by atoms with Crippen LogP contribution in [0.3, 0.4) is 0 Å². The normalized spacial score (nSPS) is 15.2. The summed E-state index contributed by atoms with van der Waals surface area (Å²) in [5, 5.41) is 7.52. The maximum atomic E-state index is 4.29. The van der Waals surface area contributed by atoms with Gasteiger partial charge in [-0.25, -0.2) is 0 Å². The fraction of sp³-hybridized carbons (Fsp3) is 0.750. The van der Waals surface area contributed by atoms with Crippen molar-refractivity contribution in [2.45, 2.75) is 33.7 Å². The Morgan fingerprint density at radius 2 is 2.13 bits per heavy atom. The Labute approximate surface area is 92.9 Å². The van der Waals surface area contributed by atoms with Gasteiger partial charge in [-0.2, -0.15) is 5.10 Å². The van der Waals surface area contributed by atoms with Crippen LogP contribution in [0.4, 0.5) is 0 Å². The molecule has 0 bridgehead atoms. The van der Waals surface area contributed by atoms with Gasteiger partial charge < -0.3 is 5.32 Å². The van der Waals surface area contributed by atoms with Crippen LogP contribution < -0.4 is 5.32 Å². The molecular weight excluding hydrogens is 186 g/mol. The van der Waals surface area contributed by atoms with Crippen LogP contribution in [0.1, 0.15) is 26.3 Å². The number of nitrogens with zero attached hydrogens (tertiary/aromatic N) is 2. The molecule has 0 aliphatic carbocycles. The summed E-state index contributed by atoms with van der Waals surface area (Å²) in [5.74, 6) is 1.41. The summed E-state index contributed by atoms with van der Waals surface area (Å²) in [4.78, 5) is 0. The Bertz CT molecular complexity index is 280. The highest BCUT2D eigenvalue weighted by Crippen LogP contribution is 2.16. The molecule has 0 fully saturated rings. The summed E-state index contributed by atoms with van der Waals surface area (Å²) in [7, 11) is 2.01. The first-order valence-electron chi connectivity index (χ1n) is 5.83. The zero-order valence-electron chi connectivity index (χ0n) is 10.3. The number of nitrogens with one attached hydrogen (secondary N) is 1. The van der Waals surface area contributed by atoms with Crippen LogP contribution in [0.5, 0.6) is 0 Å². The van der Waals surface area contributed by atoms with Crippen molar-refractivity contribution in [3.05, 3.63) is 18.0 Å². The Morgan fingerprint density at radius 3 is 2.67 bits per heavy atom. The van der Waals surface area contributed by atoms with E-state index in [1.54, 1.807) is 0 Å². The fourth-order valence-electron chi connectivity index (χ4n) is 1.78. The monoisotopic (exact) mass is 209 g/mol. The fourth-order valence-corrected chi connectivity index (χ4v) is 1.78. The molecule has 3 nitrogen and oxygen atoms in total. The molecule has 2 atom stereocenters. The number of hydrogen-bond acceptors (Lipinski definition) is 2. The minimum absolute atomic E-state index is 0.701. The van der Waals surface area contributed by atoms with Crippen molar-refractivity contribution >= 4 is 0 Å². The van der Waals surface area contributed by atoms with Crippen LogP contribution in [0.25, 0.3) is 0 Å². The molecule has 0 saturated heterocycles. The van der Waals surface area contributed by atoms with Gasteiger partial charge in [0.05, 0.1) is 6.20 Å². The second-order valence-corrected chi connectivity index (χ2v) is 4.42. The average Bonchev–Trinajstić information content (AvgIpc) is 2.66. The maximum absolute atomic E-state index is 4.29. The van der Waals surface area contributed by atoms with E-state index in [0.29, 0.717) is 11.8 Å². The molecule has 0 aliphatic rings. The lowest BCUT2D eigenvalue weighted by Crippen LogP contribution is -2.23. The molecule has 0 amide bonds. The lowest BCUT2D eigenvalue weighted by atomic mass is 9.91. The lowest BCUT2D eigenvalue weighted by Gasteiger charge is -2.18. The molecule has 1 N–H and O–H groups in total. The molecule has 0 aliphatic heterocycles. The maximum Gasteiger partial charge on any atom is 0.0521 e. The van der Waals surface area contributed by atoms with Gasteiger partial charge in [0.1, 0.15) is 0 Å². The summed E-state index contributed by atoms with van der Waals surface area (Å²) in [5.41, 5.74) is 1.35. The molecule has 3 heteroatoms. The first kappa shape index (κ1) is 12.2. The predicted octanol–water partition coefficient (Wildman–Crippen LogP) is 1.94. The Morgan fingerprint density at radius 1 is 1.40 bits per heavy atom. The van der Waals surface area contributed by atoms with E-state index in [2.05, 4.69) is 37.4 Å². The molecule has 0 radical (unpaired) electrons. The highest BCUT2D eigenvalue weighted by atomic mass is 15.3. The minimum atomic E-state index is 0.701. The summed E-state index contributed by atoms with van der Waals surface area (Å²) in [6, 6.07) is 0.